The number of urea groups is 1. The van der Waals surface area contributed by atoms with Gasteiger partial charge in [0.25, 0.3) is 5.91 Å². The molecule has 0 unspecified atom stereocenters. The van der Waals surface area contributed by atoms with E-state index in [-0.39, 0.29) is 12.5 Å². The van der Waals surface area contributed by atoms with E-state index >= 15 is 0 Å². The fourth-order valence-electron chi connectivity index (χ4n) is 3.18. The molecule has 1 heterocycles. The maximum atomic E-state index is 13.1. The van der Waals surface area contributed by atoms with E-state index < -0.39 is 11.6 Å². The van der Waals surface area contributed by atoms with Crippen LogP contribution in [0.15, 0.2) is 40.9 Å². The summed E-state index contributed by atoms with van der Waals surface area (Å²) in [5, 5.41) is 2.80. The van der Waals surface area contributed by atoms with Gasteiger partial charge in [-0.15, -0.1) is 0 Å². The molecule has 0 aliphatic carbocycles. The number of nitrogens with one attached hydrogen (secondary N) is 1. The molecule has 28 heavy (non-hydrogen) atoms. The van der Waals surface area contributed by atoms with E-state index in [1.54, 1.807) is 57.5 Å². The maximum absolute atomic E-state index is 13.1. The number of methoxy groups -OCH3 is 3. The topological polar surface area (TPSA) is 77.1 Å². The van der Waals surface area contributed by atoms with E-state index in [1.807, 2.05) is 0 Å². The lowest BCUT2D eigenvalue weighted by molar-refractivity contribution is -0.131. The molecule has 0 saturated carbocycles. The molecular weight excluding hydrogens is 428 g/mol. The fourth-order valence-corrected chi connectivity index (χ4v) is 3.80. The molecule has 2 aromatic carbocycles. The fraction of sp³-hybridized carbons (Fsp3) is 0.300. The average Bonchev–Trinajstić information content (AvgIpc) is 2.93. The zero-order chi connectivity index (χ0) is 20.5. The van der Waals surface area contributed by atoms with E-state index in [4.69, 9.17) is 14.2 Å². The zero-order valence-corrected chi connectivity index (χ0v) is 17.6. The molecule has 7 nitrogen and oxygen atoms in total. The Morgan fingerprint density at radius 3 is 2.25 bits per heavy atom. The number of carbonyl (C=O) groups is 2. The number of carbonyl (C=O) groups excluding carboxylic acids is 2. The molecule has 0 spiro atoms. The zero-order valence-electron chi connectivity index (χ0n) is 16.0. The van der Waals surface area contributed by atoms with Crippen LogP contribution in [0.25, 0.3) is 0 Å². The van der Waals surface area contributed by atoms with Gasteiger partial charge in [-0.25, -0.2) is 4.79 Å². The predicted molar refractivity (Wildman–Crippen MR) is 107 cm³/mol. The second kappa shape index (κ2) is 7.71. The number of amides is 3. The van der Waals surface area contributed by atoms with Crippen molar-refractivity contribution in [2.24, 2.45) is 0 Å². The lowest BCUT2D eigenvalue weighted by Crippen LogP contribution is -2.40. The molecule has 148 valence electrons. The Kier molecular flexibility index (Phi) is 5.51. The SMILES string of the molecule is COc1ccc([C@]2(C)NC(=O)N(Cc3ccc(OC)c(OC)c3Br)C2=O)cc1. The third-order valence-corrected chi connectivity index (χ3v) is 5.71. The normalized spacial score (nSPS) is 18.8. The van der Waals surface area contributed by atoms with Crippen LogP contribution in [-0.2, 0) is 16.9 Å². The van der Waals surface area contributed by atoms with Crippen LogP contribution in [0.4, 0.5) is 4.79 Å². The first-order valence-corrected chi connectivity index (χ1v) is 9.33. The van der Waals surface area contributed by atoms with Gasteiger partial charge in [-0.05, 0) is 52.2 Å². The second-order valence-electron chi connectivity index (χ2n) is 6.45. The molecule has 3 amide bonds. The molecule has 0 radical (unpaired) electrons. The van der Waals surface area contributed by atoms with E-state index in [1.165, 1.54) is 12.0 Å². The van der Waals surface area contributed by atoms with Gasteiger partial charge in [0.2, 0.25) is 0 Å². The van der Waals surface area contributed by atoms with E-state index in [0.717, 1.165) is 5.56 Å². The number of hydrogen-bond donors (Lipinski definition) is 1. The standard InChI is InChI=1S/C20H21BrN2O5/c1-20(13-6-8-14(26-2)9-7-13)18(24)23(19(25)22-20)11-12-5-10-15(27-3)17(28-4)16(12)21/h5-10H,11H2,1-4H3,(H,22,25)/t20-/m0/s1. The van der Waals surface area contributed by atoms with Crippen LogP contribution in [0.1, 0.15) is 18.1 Å². The third kappa shape index (κ3) is 3.28. The van der Waals surface area contributed by atoms with Crippen molar-refractivity contribution < 1.29 is 23.8 Å². The highest BCUT2D eigenvalue weighted by atomic mass is 79.9. The lowest BCUT2D eigenvalue weighted by atomic mass is 9.92. The van der Waals surface area contributed by atoms with Crippen molar-refractivity contribution >= 4 is 27.9 Å². The molecule has 1 N–H and O–H groups in total. The quantitative estimate of drug-likeness (QED) is 0.684. The summed E-state index contributed by atoms with van der Waals surface area (Å²) in [4.78, 5) is 26.9. The summed E-state index contributed by atoms with van der Waals surface area (Å²) in [6.45, 7) is 1.79. The van der Waals surface area contributed by atoms with Crippen LogP contribution >= 0.6 is 15.9 Å². The first-order chi connectivity index (χ1) is 13.3. The molecule has 0 bridgehead atoms. The Bertz CT molecular complexity index is 916. The van der Waals surface area contributed by atoms with Crippen LogP contribution in [0.2, 0.25) is 0 Å². The van der Waals surface area contributed by atoms with Crippen LogP contribution in [0.5, 0.6) is 17.2 Å². The van der Waals surface area contributed by atoms with Gasteiger partial charge in [0.05, 0.1) is 32.3 Å². The second-order valence-corrected chi connectivity index (χ2v) is 7.24. The minimum atomic E-state index is -1.15. The van der Waals surface area contributed by atoms with Gasteiger partial charge in [-0.3, -0.25) is 9.69 Å². The minimum absolute atomic E-state index is 0.0946. The molecule has 0 aromatic heterocycles. The van der Waals surface area contributed by atoms with Gasteiger partial charge in [-0.2, -0.15) is 0 Å². The molecule has 1 saturated heterocycles. The number of imide groups is 1. The Labute approximate surface area is 171 Å². The number of rotatable bonds is 6. The number of hydrogen-bond acceptors (Lipinski definition) is 5. The van der Waals surface area contributed by atoms with Crippen molar-refractivity contribution in [1.29, 1.82) is 0 Å². The molecule has 3 rings (SSSR count). The summed E-state index contributed by atoms with van der Waals surface area (Å²) >= 11 is 3.48. The van der Waals surface area contributed by atoms with Gasteiger partial charge >= 0.3 is 6.03 Å². The third-order valence-electron chi connectivity index (χ3n) is 4.84. The van der Waals surface area contributed by atoms with Crippen molar-refractivity contribution in [2.75, 3.05) is 21.3 Å². The molecule has 1 fully saturated rings. The van der Waals surface area contributed by atoms with Gasteiger partial charge in [0.15, 0.2) is 11.5 Å². The number of ether oxygens (including phenoxy) is 3. The Morgan fingerprint density at radius 1 is 1.00 bits per heavy atom. The Morgan fingerprint density at radius 2 is 1.68 bits per heavy atom. The summed E-state index contributed by atoms with van der Waals surface area (Å²) in [7, 11) is 4.64. The highest BCUT2D eigenvalue weighted by Crippen LogP contribution is 2.39. The Balaban J connectivity index is 1.90. The van der Waals surface area contributed by atoms with Gasteiger partial charge in [0, 0.05) is 0 Å². The smallest absolute Gasteiger partial charge is 0.325 e. The van der Waals surface area contributed by atoms with Gasteiger partial charge in [0.1, 0.15) is 11.3 Å². The summed E-state index contributed by atoms with van der Waals surface area (Å²) in [5.74, 6) is 1.41. The number of benzene rings is 2. The lowest BCUT2D eigenvalue weighted by Gasteiger charge is -2.23. The average molecular weight is 449 g/mol. The molecule has 8 heteroatoms. The highest BCUT2D eigenvalue weighted by Gasteiger charge is 2.49. The van der Waals surface area contributed by atoms with Crippen LogP contribution < -0.4 is 19.5 Å². The van der Waals surface area contributed by atoms with Crippen molar-refractivity contribution in [2.45, 2.75) is 19.0 Å². The summed E-state index contributed by atoms with van der Waals surface area (Å²) in [5.41, 5.74) is 0.257. The molecule has 2 aromatic rings. The van der Waals surface area contributed by atoms with Gasteiger partial charge < -0.3 is 19.5 Å². The number of halogens is 1. The molecule has 1 aliphatic heterocycles. The number of nitrogens with zero attached hydrogens (tertiary/aromatic N) is 1. The van der Waals surface area contributed by atoms with Gasteiger partial charge in [-0.1, -0.05) is 18.2 Å². The maximum Gasteiger partial charge on any atom is 0.325 e. The monoisotopic (exact) mass is 448 g/mol. The van der Waals surface area contributed by atoms with Crippen LogP contribution in [0, 0.1) is 0 Å². The largest absolute Gasteiger partial charge is 0.497 e. The van der Waals surface area contributed by atoms with Crippen molar-refractivity contribution in [3.8, 4) is 17.2 Å². The minimum Gasteiger partial charge on any atom is -0.497 e. The molecule has 1 atom stereocenters. The van der Waals surface area contributed by atoms with E-state index in [0.29, 0.717) is 27.3 Å². The van der Waals surface area contributed by atoms with Crippen molar-refractivity contribution in [3.05, 3.63) is 52.0 Å². The van der Waals surface area contributed by atoms with Crippen molar-refractivity contribution in [3.63, 3.8) is 0 Å². The summed E-state index contributed by atoms with van der Waals surface area (Å²) in [6, 6.07) is 10.1. The van der Waals surface area contributed by atoms with E-state index in [2.05, 4.69) is 21.2 Å². The molecule has 1 aliphatic rings. The van der Waals surface area contributed by atoms with Crippen LogP contribution in [-0.4, -0.2) is 38.2 Å². The van der Waals surface area contributed by atoms with Crippen LogP contribution in [0.3, 0.4) is 0 Å². The van der Waals surface area contributed by atoms with E-state index in [9.17, 15) is 9.59 Å². The Hall–Kier alpha value is -2.74. The molecular formula is C20H21BrN2O5. The summed E-state index contributed by atoms with van der Waals surface area (Å²) < 4.78 is 16.4. The predicted octanol–water partition coefficient (Wildman–Crippen LogP) is 3.44. The summed E-state index contributed by atoms with van der Waals surface area (Å²) in [6.07, 6.45) is 0. The first kappa shape index (κ1) is 20.0. The highest BCUT2D eigenvalue weighted by molar-refractivity contribution is 9.10. The van der Waals surface area contributed by atoms with Crippen molar-refractivity contribution in [1.82, 2.24) is 10.2 Å². The first-order valence-electron chi connectivity index (χ1n) is 8.53.